The molecule has 0 saturated carbocycles. The van der Waals surface area contributed by atoms with Crippen LogP contribution in [0.3, 0.4) is 0 Å². The van der Waals surface area contributed by atoms with E-state index in [1.54, 1.807) is 12.1 Å². The SMILES string of the molecule is CN1CCc2nc(NC(=O)C(=O)Nc3ccc(N)c(Cl)c3)sc2C1. The predicted molar refractivity (Wildman–Crippen MR) is 95.3 cm³/mol. The van der Waals surface area contributed by atoms with Crippen molar-refractivity contribution in [2.75, 3.05) is 30.0 Å². The maximum absolute atomic E-state index is 12.0. The summed E-state index contributed by atoms with van der Waals surface area (Å²) in [6.07, 6.45) is 0.842. The van der Waals surface area contributed by atoms with Crippen molar-refractivity contribution < 1.29 is 9.59 Å². The van der Waals surface area contributed by atoms with Crippen LogP contribution in [0.25, 0.3) is 0 Å². The number of fused-ring (bicyclic) bond motifs is 1. The fraction of sp³-hybridized carbons (Fsp3) is 0.267. The zero-order valence-electron chi connectivity index (χ0n) is 12.9. The monoisotopic (exact) mass is 365 g/mol. The third-order valence-electron chi connectivity index (χ3n) is 3.61. The normalized spacial score (nSPS) is 14.1. The number of aromatic nitrogens is 1. The Bertz CT molecular complexity index is 807. The van der Waals surface area contributed by atoms with Crippen molar-refractivity contribution in [3.63, 3.8) is 0 Å². The van der Waals surface area contributed by atoms with E-state index in [-0.39, 0.29) is 0 Å². The number of amides is 2. The molecule has 0 bridgehead atoms. The van der Waals surface area contributed by atoms with Gasteiger partial charge in [-0.2, -0.15) is 0 Å². The number of thiazole rings is 1. The topological polar surface area (TPSA) is 100 Å². The number of hydrogen-bond donors (Lipinski definition) is 3. The number of nitrogens with one attached hydrogen (secondary N) is 2. The lowest BCUT2D eigenvalue weighted by Gasteiger charge is -2.20. The zero-order valence-corrected chi connectivity index (χ0v) is 14.5. The standard InChI is InChI=1S/C15H16ClN5O2S/c1-21-5-4-11-12(7-21)24-15(19-11)20-14(23)13(22)18-8-2-3-10(17)9(16)6-8/h2-3,6H,4-5,7,17H2,1H3,(H,18,22)(H,19,20,23). The lowest BCUT2D eigenvalue weighted by atomic mass is 10.2. The second-order valence-corrected chi connectivity index (χ2v) is 7.01. The second kappa shape index (κ2) is 6.76. The highest BCUT2D eigenvalue weighted by Gasteiger charge is 2.21. The number of anilines is 3. The first-order valence-electron chi connectivity index (χ1n) is 7.27. The van der Waals surface area contributed by atoms with E-state index in [1.165, 1.54) is 17.4 Å². The summed E-state index contributed by atoms with van der Waals surface area (Å²) in [5.41, 5.74) is 7.39. The highest BCUT2D eigenvalue weighted by atomic mass is 35.5. The molecule has 0 spiro atoms. The number of rotatable bonds is 2. The van der Waals surface area contributed by atoms with E-state index in [2.05, 4.69) is 20.5 Å². The Kier molecular flexibility index (Phi) is 4.70. The Hall–Kier alpha value is -2.16. The van der Waals surface area contributed by atoms with E-state index in [0.29, 0.717) is 21.5 Å². The van der Waals surface area contributed by atoms with Gasteiger partial charge in [-0.1, -0.05) is 11.6 Å². The fourth-order valence-corrected chi connectivity index (χ4v) is 3.59. The maximum atomic E-state index is 12.0. The van der Waals surface area contributed by atoms with Crippen LogP contribution in [-0.2, 0) is 22.6 Å². The number of likely N-dealkylation sites (N-methyl/N-ethyl adjacent to an activating group) is 1. The number of nitrogens with two attached hydrogens (primary N) is 1. The van der Waals surface area contributed by atoms with Crippen molar-refractivity contribution in [1.82, 2.24) is 9.88 Å². The molecule has 0 atom stereocenters. The van der Waals surface area contributed by atoms with Gasteiger partial charge in [-0.25, -0.2) is 4.98 Å². The van der Waals surface area contributed by atoms with Crippen molar-refractivity contribution in [2.24, 2.45) is 0 Å². The van der Waals surface area contributed by atoms with Gasteiger partial charge in [0.1, 0.15) is 0 Å². The molecule has 1 aromatic heterocycles. The van der Waals surface area contributed by atoms with Gasteiger partial charge in [0.15, 0.2) is 5.13 Å². The van der Waals surface area contributed by atoms with Gasteiger partial charge in [-0.15, -0.1) is 11.3 Å². The van der Waals surface area contributed by atoms with Crippen LogP contribution in [0, 0.1) is 0 Å². The fourth-order valence-electron chi connectivity index (χ4n) is 2.32. The molecule has 0 saturated heterocycles. The molecule has 0 aliphatic carbocycles. The van der Waals surface area contributed by atoms with Crippen LogP contribution in [0.4, 0.5) is 16.5 Å². The van der Waals surface area contributed by atoms with Crippen LogP contribution in [0.15, 0.2) is 18.2 Å². The van der Waals surface area contributed by atoms with Crippen molar-refractivity contribution in [3.05, 3.63) is 33.8 Å². The number of carbonyl (C=O) groups excluding carboxylic acids is 2. The molecule has 1 aromatic carbocycles. The minimum absolute atomic E-state index is 0.310. The Morgan fingerprint density at radius 1 is 1.33 bits per heavy atom. The number of carbonyl (C=O) groups is 2. The summed E-state index contributed by atoms with van der Waals surface area (Å²) in [5, 5.41) is 5.76. The summed E-state index contributed by atoms with van der Waals surface area (Å²) in [5.74, 6) is -1.57. The molecule has 126 valence electrons. The van der Waals surface area contributed by atoms with Crippen LogP contribution in [-0.4, -0.2) is 35.3 Å². The highest BCUT2D eigenvalue weighted by molar-refractivity contribution is 7.16. The predicted octanol–water partition coefficient (Wildman–Crippen LogP) is 1.94. The van der Waals surface area contributed by atoms with Crippen LogP contribution >= 0.6 is 22.9 Å². The number of nitrogens with zero attached hydrogens (tertiary/aromatic N) is 2. The van der Waals surface area contributed by atoms with E-state index in [0.717, 1.165) is 30.1 Å². The molecule has 24 heavy (non-hydrogen) atoms. The molecule has 0 fully saturated rings. The van der Waals surface area contributed by atoms with Gasteiger partial charge in [0, 0.05) is 30.1 Å². The van der Waals surface area contributed by atoms with Gasteiger partial charge in [0.05, 0.1) is 16.4 Å². The van der Waals surface area contributed by atoms with Crippen LogP contribution in [0.1, 0.15) is 10.6 Å². The van der Waals surface area contributed by atoms with Crippen LogP contribution in [0.2, 0.25) is 5.02 Å². The maximum Gasteiger partial charge on any atom is 0.315 e. The lowest BCUT2D eigenvalue weighted by Crippen LogP contribution is -2.29. The molecule has 2 aromatic rings. The quantitative estimate of drug-likeness (QED) is 0.558. The summed E-state index contributed by atoms with van der Waals surface area (Å²) < 4.78 is 0. The number of benzene rings is 1. The van der Waals surface area contributed by atoms with Crippen LogP contribution < -0.4 is 16.4 Å². The van der Waals surface area contributed by atoms with Crippen molar-refractivity contribution in [3.8, 4) is 0 Å². The molecular formula is C15H16ClN5O2S. The van der Waals surface area contributed by atoms with Crippen molar-refractivity contribution in [1.29, 1.82) is 0 Å². The summed E-state index contributed by atoms with van der Waals surface area (Å²) in [6.45, 7) is 1.74. The molecule has 3 rings (SSSR count). The Morgan fingerprint density at radius 2 is 2.08 bits per heavy atom. The van der Waals surface area contributed by atoms with Gasteiger partial charge in [0.2, 0.25) is 0 Å². The van der Waals surface area contributed by atoms with Gasteiger partial charge in [0.25, 0.3) is 0 Å². The van der Waals surface area contributed by atoms with Gasteiger partial charge < -0.3 is 16.0 Å². The largest absolute Gasteiger partial charge is 0.398 e. The van der Waals surface area contributed by atoms with Crippen molar-refractivity contribution >= 4 is 51.3 Å². The van der Waals surface area contributed by atoms with E-state index in [9.17, 15) is 9.59 Å². The third kappa shape index (κ3) is 3.66. The van der Waals surface area contributed by atoms with E-state index >= 15 is 0 Å². The molecule has 7 nitrogen and oxygen atoms in total. The van der Waals surface area contributed by atoms with Gasteiger partial charge in [-0.3, -0.25) is 14.9 Å². The van der Waals surface area contributed by atoms with Crippen molar-refractivity contribution in [2.45, 2.75) is 13.0 Å². The Balaban J connectivity index is 1.64. The second-order valence-electron chi connectivity index (χ2n) is 5.52. The number of halogens is 1. The van der Waals surface area contributed by atoms with E-state index in [4.69, 9.17) is 17.3 Å². The molecule has 4 N–H and O–H groups in total. The van der Waals surface area contributed by atoms with E-state index < -0.39 is 11.8 Å². The average Bonchev–Trinajstić information content (AvgIpc) is 2.92. The minimum atomic E-state index is -0.791. The zero-order chi connectivity index (χ0) is 17.3. The summed E-state index contributed by atoms with van der Waals surface area (Å²) >= 11 is 7.28. The average molecular weight is 366 g/mol. The Morgan fingerprint density at radius 3 is 2.83 bits per heavy atom. The molecule has 9 heteroatoms. The Labute approximate surface area is 147 Å². The molecule has 2 heterocycles. The molecule has 1 aliphatic rings. The molecule has 0 unspecified atom stereocenters. The number of nitrogen functional groups attached to an aromatic ring is 1. The third-order valence-corrected chi connectivity index (χ3v) is 4.93. The first-order chi connectivity index (χ1) is 11.4. The summed E-state index contributed by atoms with van der Waals surface area (Å²) in [7, 11) is 2.03. The van der Waals surface area contributed by atoms with Gasteiger partial charge >= 0.3 is 11.8 Å². The van der Waals surface area contributed by atoms with E-state index in [1.807, 2.05) is 7.05 Å². The summed E-state index contributed by atoms with van der Waals surface area (Å²) in [4.78, 5) is 31.7. The molecule has 1 aliphatic heterocycles. The minimum Gasteiger partial charge on any atom is -0.398 e. The smallest absolute Gasteiger partial charge is 0.315 e. The first-order valence-corrected chi connectivity index (χ1v) is 8.46. The number of hydrogen-bond acceptors (Lipinski definition) is 6. The first kappa shape index (κ1) is 16.7. The van der Waals surface area contributed by atoms with Gasteiger partial charge in [-0.05, 0) is 25.2 Å². The molecule has 2 amide bonds. The highest BCUT2D eigenvalue weighted by Crippen LogP contribution is 2.27. The summed E-state index contributed by atoms with van der Waals surface area (Å²) in [6, 6.07) is 4.62. The molecular weight excluding hydrogens is 350 g/mol. The van der Waals surface area contributed by atoms with Crippen LogP contribution in [0.5, 0.6) is 0 Å². The lowest BCUT2D eigenvalue weighted by molar-refractivity contribution is -0.132. The molecule has 0 radical (unpaired) electrons.